The maximum atomic E-state index is 13.1. The van der Waals surface area contributed by atoms with Gasteiger partial charge in [0, 0.05) is 11.6 Å². The van der Waals surface area contributed by atoms with E-state index in [0.717, 1.165) is 12.1 Å². The van der Waals surface area contributed by atoms with E-state index in [2.05, 4.69) is 5.16 Å². The number of hydrogen-bond donors (Lipinski definition) is 1. The summed E-state index contributed by atoms with van der Waals surface area (Å²) in [4.78, 5) is 0. The van der Waals surface area contributed by atoms with Crippen molar-refractivity contribution in [2.45, 2.75) is 0 Å². The first kappa shape index (κ1) is 9.92. The van der Waals surface area contributed by atoms with E-state index in [4.69, 9.17) is 21.9 Å². The van der Waals surface area contributed by atoms with Crippen molar-refractivity contribution in [3.8, 4) is 11.3 Å². The topological polar surface area (TPSA) is 52.0 Å². The molecule has 0 saturated carbocycles. The summed E-state index contributed by atoms with van der Waals surface area (Å²) >= 11 is 5.32. The molecule has 0 unspecified atom stereocenters. The Labute approximate surface area is 88.4 Å². The van der Waals surface area contributed by atoms with Crippen molar-refractivity contribution in [2.24, 2.45) is 0 Å². The largest absolute Gasteiger partial charge is 0.381 e. The molecule has 1 aromatic carbocycles. The highest BCUT2D eigenvalue weighted by molar-refractivity contribution is 6.30. The zero-order valence-corrected chi connectivity index (χ0v) is 8.05. The molecule has 0 fully saturated rings. The van der Waals surface area contributed by atoms with Crippen LogP contribution < -0.4 is 5.73 Å². The second kappa shape index (κ2) is 3.51. The number of nitrogen functional groups attached to an aromatic ring is 1. The van der Waals surface area contributed by atoms with E-state index in [1.165, 1.54) is 6.07 Å². The van der Waals surface area contributed by atoms with Gasteiger partial charge in [-0.1, -0.05) is 16.8 Å². The van der Waals surface area contributed by atoms with E-state index >= 15 is 0 Å². The SMILES string of the molecule is Nc1cc(-c2cc(F)c(Cl)c(F)c2)on1. The summed E-state index contributed by atoms with van der Waals surface area (Å²) in [6, 6.07) is 3.46. The van der Waals surface area contributed by atoms with Crippen molar-refractivity contribution < 1.29 is 13.3 Å². The van der Waals surface area contributed by atoms with Crippen LogP contribution in [0.5, 0.6) is 0 Å². The van der Waals surface area contributed by atoms with Crippen LogP contribution in [-0.2, 0) is 0 Å². The third-order valence-electron chi connectivity index (χ3n) is 1.80. The van der Waals surface area contributed by atoms with E-state index in [1.807, 2.05) is 0 Å². The van der Waals surface area contributed by atoms with Crippen LogP contribution in [0.25, 0.3) is 11.3 Å². The molecule has 78 valence electrons. The lowest BCUT2D eigenvalue weighted by Gasteiger charge is -1.99. The van der Waals surface area contributed by atoms with Crippen molar-refractivity contribution in [1.29, 1.82) is 0 Å². The first-order valence-electron chi connectivity index (χ1n) is 3.95. The Morgan fingerprint density at radius 2 is 1.80 bits per heavy atom. The van der Waals surface area contributed by atoms with Crippen molar-refractivity contribution >= 4 is 17.4 Å². The number of rotatable bonds is 1. The van der Waals surface area contributed by atoms with Crippen LogP contribution in [-0.4, -0.2) is 5.16 Å². The molecular formula is C9H5ClF2N2O. The third kappa shape index (κ3) is 1.78. The van der Waals surface area contributed by atoms with Gasteiger partial charge in [-0.05, 0) is 12.1 Å². The van der Waals surface area contributed by atoms with Crippen LogP contribution >= 0.6 is 11.6 Å². The summed E-state index contributed by atoms with van der Waals surface area (Å²) in [5.41, 5.74) is 5.50. The molecule has 0 saturated heterocycles. The van der Waals surface area contributed by atoms with Crippen molar-refractivity contribution in [3.05, 3.63) is 34.9 Å². The Hall–Kier alpha value is -1.62. The fraction of sp³-hybridized carbons (Fsp3) is 0. The second-order valence-corrected chi connectivity index (χ2v) is 3.25. The molecule has 0 aliphatic heterocycles. The lowest BCUT2D eigenvalue weighted by molar-refractivity contribution is 0.435. The molecule has 0 aliphatic carbocycles. The first-order chi connectivity index (χ1) is 7.08. The van der Waals surface area contributed by atoms with Crippen LogP contribution in [0.15, 0.2) is 22.7 Å². The fourth-order valence-electron chi connectivity index (χ4n) is 1.12. The molecule has 3 nitrogen and oxygen atoms in total. The minimum atomic E-state index is -0.860. The highest BCUT2D eigenvalue weighted by Crippen LogP contribution is 2.27. The molecule has 1 aromatic heterocycles. The van der Waals surface area contributed by atoms with Gasteiger partial charge in [0.15, 0.2) is 11.6 Å². The molecule has 2 N–H and O–H groups in total. The Morgan fingerprint density at radius 3 is 2.27 bits per heavy atom. The normalized spacial score (nSPS) is 10.6. The average Bonchev–Trinajstić information content (AvgIpc) is 2.60. The lowest BCUT2D eigenvalue weighted by Crippen LogP contribution is -1.86. The molecule has 2 aromatic rings. The fourth-order valence-corrected chi connectivity index (χ4v) is 1.23. The van der Waals surface area contributed by atoms with Gasteiger partial charge in [0.1, 0.15) is 16.7 Å². The van der Waals surface area contributed by atoms with Crippen LogP contribution in [0.2, 0.25) is 5.02 Å². The maximum absolute atomic E-state index is 13.1. The summed E-state index contributed by atoms with van der Waals surface area (Å²) in [7, 11) is 0. The van der Waals surface area contributed by atoms with Gasteiger partial charge < -0.3 is 10.3 Å². The Morgan fingerprint density at radius 1 is 1.20 bits per heavy atom. The highest BCUT2D eigenvalue weighted by Gasteiger charge is 2.12. The monoisotopic (exact) mass is 230 g/mol. The number of benzene rings is 1. The van der Waals surface area contributed by atoms with Crippen molar-refractivity contribution in [1.82, 2.24) is 5.16 Å². The van der Waals surface area contributed by atoms with Gasteiger partial charge >= 0.3 is 0 Å². The molecule has 6 heteroatoms. The smallest absolute Gasteiger partial charge is 0.169 e. The lowest BCUT2D eigenvalue weighted by atomic mass is 10.1. The van der Waals surface area contributed by atoms with Gasteiger partial charge in [-0.15, -0.1) is 0 Å². The predicted molar refractivity (Wildman–Crippen MR) is 51.3 cm³/mol. The van der Waals surface area contributed by atoms with Crippen LogP contribution in [0.4, 0.5) is 14.6 Å². The number of halogens is 3. The molecule has 1 heterocycles. The summed E-state index contributed by atoms with van der Waals surface area (Å²) in [5.74, 6) is -1.40. The minimum Gasteiger partial charge on any atom is -0.381 e. The summed E-state index contributed by atoms with van der Waals surface area (Å²) < 4.78 is 30.9. The predicted octanol–water partition coefficient (Wildman–Crippen LogP) is 2.86. The summed E-state index contributed by atoms with van der Waals surface area (Å²) in [6.07, 6.45) is 0. The van der Waals surface area contributed by atoms with Gasteiger partial charge in [0.2, 0.25) is 0 Å². The average molecular weight is 231 g/mol. The minimum absolute atomic E-state index is 0.140. The molecule has 2 rings (SSSR count). The standard InChI is InChI=1S/C9H5ClF2N2O/c10-9-5(11)1-4(2-6(9)12)7-3-8(13)14-15-7/h1-3H,(H2,13,14). The van der Waals surface area contributed by atoms with Crippen LogP contribution in [0.1, 0.15) is 0 Å². The van der Waals surface area contributed by atoms with E-state index in [9.17, 15) is 8.78 Å². The molecule has 15 heavy (non-hydrogen) atoms. The maximum Gasteiger partial charge on any atom is 0.169 e. The summed E-state index contributed by atoms with van der Waals surface area (Å²) in [5, 5.41) is 2.85. The molecule has 0 spiro atoms. The van der Waals surface area contributed by atoms with Gasteiger partial charge in [0.05, 0.1) is 0 Å². The van der Waals surface area contributed by atoms with E-state index in [1.54, 1.807) is 0 Å². The molecule has 0 radical (unpaired) electrons. The number of aromatic nitrogens is 1. The molecule has 0 bridgehead atoms. The van der Waals surface area contributed by atoms with Crippen LogP contribution in [0.3, 0.4) is 0 Å². The first-order valence-corrected chi connectivity index (χ1v) is 4.33. The molecular weight excluding hydrogens is 226 g/mol. The number of nitrogens with zero attached hydrogens (tertiary/aromatic N) is 1. The van der Waals surface area contributed by atoms with Crippen molar-refractivity contribution in [3.63, 3.8) is 0 Å². The number of nitrogens with two attached hydrogens (primary N) is 1. The van der Waals surface area contributed by atoms with Gasteiger partial charge in [-0.2, -0.15) is 0 Å². The zero-order valence-electron chi connectivity index (χ0n) is 7.30. The van der Waals surface area contributed by atoms with E-state index < -0.39 is 16.7 Å². The Bertz CT molecular complexity index is 490. The van der Waals surface area contributed by atoms with Crippen molar-refractivity contribution in [2.75, 3.05) is 5.73 Å². The van der Waals surface area contributed by atoms with Gasteiger partial charge in [-0.3, -0.25) is 0 Å². The number of anilines is 1. The zero-order chi connectivity index (χ0) is 11.0. The molecule has 0 aliphatic rings. The van der Waals surface area contributed by atoms with E-state index in [0.29, 0.717) is 0 Å². The highest BCUT2D eigenvalue weighted by atomic mass is 35.5. The second-order valence-electron chi connectivity index (χ2n) is 2.87. The third-order valence-corrected chi connectivity index (χ3v) is 2.16. The van der Waals surface area contributed by atoms with Gasteiger partial charge in [-0.25, -0.2) is 8.78 Å². The van der Waals surface area contributed by atoms with E-state index in [-0.39, 0.29) is 17.1 Å². The molecule has 0 amide bonds. The quantitative estimate of drug-likeness (QED) is 0.767. The Balaban J connectivity index is 2.55. The van der Waals surface area contributed by atoms with Crippen LogP contribution in [0, 0.1) is 11.6 Å². The Kier molecular flexibility index (Phi) is 2.32. The van der Waals surface area contributed by atoms with Gasteiger partial charge in [0.25, 0.3) is 0 Å². The molecule has 0 atom stereocenters. The summed E-state index contributed by atoms with van der Waals surface area (Å²) in [6.45, 7) is 0. The number of hydrogen-bond acceptors (Lipinski definition) is 3.